The molecule has 1 saturated heterocycles. The summed E-state index contributed by atoms with van der Waals surface area (Å²) in [5, 5.41) is 3.24. The molecule has 2 fully saturated rings. The van der Waals surface area contributed by atoms with Gasteiger partial charge in [0.1, 0.15) is 0 Å². The minimum absolute atomic E-state index is 0. The van der Waals surface area contributed by atoms with Crippen molar-refractivity contribution >= 4 is 24.0 Å². The Hall–Kier alpha value is -1.06. The van der Waals surface area contributed by atoms with Crippen molar-refractivity contribution in [3.05, 3.63) is 29.3 Å². The van der Waals surface area contributed by atoms with Crippen molar-refractivity contribution in [2.24, 2.45) is 11.8 Å². The molecular formula is C20H31ClN2O. The van der Waals surface area contributed by atoms with Gasteiger partial charge in [-0.3, -0.25) is 9.69 Å². The number of para-hydroxylation sites is 1. The van der Waals surface area contributed by atoms with Crippen molar-refractivity contribution in [2.45, 2.75) is 58.9 Å². The number of amides is 1. The SMILES string of the molecule is CC[C@@H]1CCN(CC2CC2)[C@H](C(=O)Nc2c(C)cccc2C)C1.Cl. The van der Waals surface area contributed by atoms with E-state index in [9.17, 15) is 4.79 Å². The molecule has 4 heteroatoms. The molecule has 3 nitrogen and oxygen atoms in total. The van der Waals surface area contributed by atoms with Crippen LogP contribution in [0, 0.1) is 25.7 Å². The van der Waals surface area contributed by atoms with E-state index < -0.39 is 0 Å². The van der Waals surface area contributed by atoms with Gasteiger partial charge < -0.3 is 5.32 Å². The quantitative estimate of drug-likeness (QED) is 0.843. The van der Waals surface area contributed by atoms with Crippen LogP contribution in [0.1, 0.15) is 50.2 Å². The van der Waals surface area contributed by atoms with Crippen LogP contribution < -0.4 is 5.32 Å². The lowest BCUT2D eigenvalue weighted by molar-refractivity contribution is -0.123. The highest BCUT2D eigenvalue weighted by Gasteiger charge is 2.36. The summed E-state index contributed by atoms with van der Waals surface area (Å²) in [6, 6.07) is 6.24. The number of likely N-dealkylation sites (tertiary alicyclic amines) is 1. The minimum Gasteiger partial charge on any atom is -0.324 e. The van der Waals surface area contributed by atoms with Crippen LogP contribution in [-0.4, -0.2) is 29.9 Å². The fourth-order valence-corrected chi connectivity index (χ4v) is 3.80. The van der Waals surface area contributed by atoms with E-state index in [1.54, 1.807) is 0 Å². The molecule has 0 aromatic heterocycles. The van der Waals surface area contributed by atoms with Gasteiger partial charge in [-0.2, -0.15) is 0 Å². The zero-order valence-electron chi connectivity index (χ0n) is 15.2. The standard InChI is InChI=1S/C20H30N2O.ClH/c1-4-16-10-11-22(13-17-8-9-17)18(12-16)20(23)21-19-14(2)6-5-7-15(19)3;/h5-7,16-18H,4,8-13H2,1-3H3,(H,21,23);1H/t16-,18+;/m1./s1. The first-order valence-electron chi connectivity index (χ1n) is 9.19. The molecule has 1 aliphatic carbocycles. The van der Waals surface area contributed by atoms with Crippen LogP contribution in [0.4, 0.5) is 5.69 Å². The van der Waals surface area contributed by atoms with Crippen LogP contribution in [-0.2, 0) is 4.79 Å². The normalized spacial score (nSPS) is 24.3. The Morgan fingerprint density at radius 3 is 2.42 bits per heavy atom. The molecule has 0 spiro atoms. The number of carbonyl (C=O) groups is 1. The number of piperidine rings is 1. The second kappa shape index (κ2) is 8.35. The van der Waals surface area contributed by atoms with Crippen LogP contribution >= 0.6 is 12.4 Å². The maximum absolute atomic E-state index is 13.0. The van der Waals surface area contributed by atoms with Gasteiger partial charge in [-0.15, -0.1) is 12.4 Å². The molecule has 1 aliphatic heterocycles. The third kappa shape index (κ3) is 4.52. The molecule has 134 valence electrons. The molecule has 0 bridgehead atoms. The topological polar surface area (TPSA) is 32.3 Å². The summed E-state index contributed by atoms with van der Waals surface area (Å²) in [7, 11) is 0. The van der Waals surface area contributed by atoms with E-state index in [1.807, 2.05) is 6.07 Å². The molecule has 3 rings (SSSR count). The summed E-state index contributed by atoms with van der Waals surface area (Å²) in [4.78, 5) is 15.4. The molecule has 2 aliphatic rings. The number of rotatable bonds is 5. The maximum atomic E-state index is 13.0. The highest BCUT2D eigenvalue weighted by molar-refractivity contribution is 5.96. The Morgan fingerprint density at radius 1 is 1.17 bits per heavy atom. The summed E-state index contributed by atoms with van der Waals surface area (Å²) in [6.45, 7) is 8.59. The number of aryl methyl sites for hydroxylation is 2. The zero-order valence-corrected chi connectivity index (χ0v) is 16.0. The number of carbonyl (C=O) groups excluding carboxylic acids is 1. The van der Waals surface area contributed by atoms with Crippen molar-refractivity contribution in [1.29, 1.82) is 0 Å². The van der Waals surface area contributed by atoms with Crippen molar-refractivity contribution in [3.63, 3.8) is 0 Å². The predicted octanol–water partition coefficient (Wildman–Crippen LogP) is 4.56. The van der Waals surface area contributed by atoms with Gasteiger partial charge in [0, 0.05) is 12.2 Å². The van der Waals surface area contributed by atoms with Crippen LogP contribution in [0.2, 0.25) is 0 Å². The largest absolute Gasteiger partial charge is 0.324 e. The molecule has 1 heterocycles. The molecule has 2 atom stereocenters. The summed E-state index contributed by atoms with van der Waals surface area (Å²) < 4.78 is 0. The molecule has 1 amide bonds. The van der Waals surface area contributed by atoms with E-state index in [1.165, 1.54) is 25.7 Å². The van der Waals surface area contributed by atoms with E-state index in [-0.39, 0.29) is 24.4 Å². The van der Waals surface area contributed by atoms with E-state index in [0.717, 1.165) is 42.2 Å². The zero-order chi connectivity index (χ0) is 16.4. The highest BCUT2D eigenvalue weighted by Crippen LogP contribution is 2.34. The summed E-state index contributed by atoms with van der Waals surface area (Å²) in [5.74, 6) is 1.73. The molecule has 1 saturated carbocycles. The molecular weight excluding hydrogens is 320 g/mol. The van der Waals surface area contributed by atoms with Crippen molar-refractivity contribution in [3.8, 4) is 0 Å². The second-order valence-electron chi connectivity index (χ2n) is 7.51. The molecule has 24 heavy (non-hydrogen) atoms. The summed E-state index contributed by atoms with van der Waals surface area (Å²) in [6.07, 6.45) is 6.14. The van der Waals surface area contributed by atoms with Crippen LogP contribution in [0.25, 0.3) is 0 Å². The Labute approximate surface area is 152 Å². The first-order valence-corrected chi connectivity index (χ1v) is 9.19. The average Bonchev–Trinajstić information content (AvgIpc) is 3.35. The van der Waals surface area contributed by atoms with Gasteiger partial charge in [0.05, 0.1) is 6.04 Å². The fraction of sp³-hybridized carbons (Fsp3) is 0.650. The van der Waals surface area contributed by atoms with Gasteiger partial charge in [0.15, 0.2) is 0 Å². The Balaban J connectivity index is 0.00000208. The minimum atomic E-state index is 0. The van der Waals surface area contributed by atoms with Crippen LogP contribution in [0.5, 0.6) is 0 Å². The molecule has 0 radical (unpaired) electrons. The van der Waals surface area contributed by atoms with Gasteiger partial charge >= 0.3 is 0 Å². The molecule has 0 unspecified atom stereocenters. The number of halogens is 1. The van der Waals surface area contributed by atoms with Crippen molar-refractivity contribution in [2.75, 3.05) is 18.4 Å². The number of nitrogens with zero attached hydrogens (tertiary/aromatic N) is 1. The predicted molar refractivity (Wildman–Crippen MR) is 103 cm³/mol. The third-order valence-corrected chi connectivity index (χ3v) is 5.62. The number of hydrogen-bond acceptors (Lipinski definition) is 2. The lowest BCUT2D eigenvalue weighted by Crippen LogP contribution is -2.50. The summed E-state index contributed by atoms with van der Waals surface area (Å²) in [5.41, 5.74) is 3.30. The van der Waals surface area contributed by atoms with Gasteiger partial charge in [-0.1, -0.05) is 31.5 Å². The van der Waals surface area contributed by atoms with E-state index in [2.05, 4.69) is 43.1 Å². The number of anilines is 1. The Morgan fingerprint density at radius 2 is 1.83 bits per heavy atom. The van der Waals surface area contributed by atoms with E-state index >= 15 is 0 Å². The second-order valence-corrected chi connectivity index (χ2v) is 7.51. The number of hydrogen-bond donors (Lipinski definition) is 1. The number of nitrogens with one attached hydrogen (secondary N) is 1. The van der Waals surface area contributed by atoms with E-state index in [0.29, 0.717) is 5.92 Å². The van der Waals surface area contributed by atoms with Gasteiger partial charge in [0.25, 0.3) is 0 Å². The van der Waals surface area contributed by atoms with E-state index in [4.69, 9.17) is 0 Å². The lowest BCUT2D eigenvalue weighted by atomic mass is 9.88. The molecule has 1 aromatic carbocycles. The van der Waals surface area contributed by atoms with Gasteiger partial charge in [0.2, 0.25) is 5.91 Å². The first-order chi connectivity index (χ1) is 11.1. The van der Waals surface area contributed by atoms with Crippen LogP contribution in [0.3, 0.4) is 0 Å². The Bertz CT molecular complexity index is 551. The fourth-order valence-electron chi connectivity index (χ4n) is 3.80. The maximum Gasteiger partial charge on any atom is 0.241 e. The Kier molecular flexibility index (Phi) is 6.70. The lowest BCUT2D eigenvalue weighted by Gasteiger charge is -2.38. The number of benzene rings is 1. The van der Waals surface area contributed by atoms with Gasteiger partial charge in [-0.05, 0) is 69.0 Å². The van der Waals surface area contributed by atoms with Crippen molar-refractivity contribution < 1.29 is 4.79 Å². The highest BCUT2D eigenvalue weighted by atomic mass is 35.5. The van der Waals surface area contributed by atoms with Gasteiger partial charge in [-0.25, -0.2) is 0 Å². The monoisotopic (exact) mass is 350 g/mol. The molecule has 1 aromatic rings. The summed E-state index contributed by atoms with van der Waals surface area (Å²) >= 11 is 0. The first kappa shape index (κ1) is 19.3. The third-order valence-electron chi connectivity index (χ3n) is 5.62. The molecule has 1 N–H and O–H groups in total. The van der Waals surface area contributed by atoms with Crippen molar-refractivity contribution in [1.82, 2.24) is 4.90 Å². The average molecular weight is 351 g/mol. The smallest absolute Gasteiger partial charge is 0.241 e. The van der Waals surface area contributed by atoms with Crippen LogP contribution in [0.15, 0.2) is 18.2 Å².